The van der Waals surface area contributed by atoms with E-state index in [2.05, 4.69) is 10.3 Å². The van der Waals surface area contributed by atoms with Crippen molar-refractivity contribution in [2.75, 3.05) is 5.32 Å². The molecule has 22 heavy (non-hydrogen) atoms. The zero-order chi connectivity index (χ0) is 15.7. The Bertz CT molecular complexity index is 831. The highest BCUT2D eigenvalue weighted by Gasteiger charge is 2.13. The summed E-state index contributed by atoms with van der Waals surface area (Å²) in [4.78, 5) is 16.9. The summed E-state index contributed by atoms with van der Waals surface area (Å²) in [5.74, 6) is -0.0322. The lowest BCUT2D eigenvalue weighted by molar-refractivity contribution is -0.115. The number of aromatic nitrogens is 2. The normalized spacial score (nSPS) is 10.9. The van der Waals surface area contributed by atoms with Crippen molar-refractivity contribution in [3.05, 3.63) is 65.1 Å². The minimum Gasteiger partial charge on any atom is -0.326 e. The smallest absolute Gasteiger partial charge is 0.230 e. The largest absolute Gasteiger partial charge is 0.326 e. The van der Waals surface area contributed by atoms with E-state index in [1.807, 2.05) is 67.8 Å². The molecule has 0 spiro atoms. The molecule has 0 unspecified atom stereocenters. The van der Waals surface area contributed by atoms with Gasteiger partial charge in [-0.15, -0.1) is 0 Å². The third-order valence-electron chi connectivity index (χ3n) is 3.81. The molecule has 0 aliphatic heterocycles. The quantitative estimate of drug-likeness (QED) is 0.804. The van der Waals surface area contributed by atoms with Crippen LogP contribution in [0.5, 0.6) is 0 Å². The predicted molar refractivity (Wildman–Crippen MR) is 88.2 cm³/mol. The molecule has 112 valence electrons. The van der Waals surface area contributed by atoms with Gasteiger partial charge in [-0.25, -0.2) is 4.98 Å². The summed E-state index contributed by atoms with van der Waals surface area (Å²) in [6.45, 7) is 5.99. The SMILES string of the molecule is Cc1ccc(NC(=O)Cc2c(C)nc3c(C)cccn23)cc1. The number of anilines is 1. The first-order chi connectivity index (χ1) is 10.5. The first kappa shape index (κ1) is 14.3. The van der Waals surface area contributed by atoms with E-state index in [1.165, 1.54) is 5.56 Å². The molecule has 0 aliphatic rings. The van der Waals surface area contributed by atoms with Gasteiger partial charge in [-0.05, 0) is 44.5 Å². The summed E-state index contributed by atoms with van der Waals surface area (Å²) in [5, 5.41) is 2.93. The van der Waals surface area contributed by atoms with Gasteiger partial charge in [0.25, 0.3) is 0 Å². The van der Waals surface area contributed by atoms with Crippen LogP contribution in [0.1, 0.15) is 22.5 Å². The Morgan fingerprint density at radius 3 is 2.59 bits per heavy atom. The molecule has 1 aromatic carbocycles. The number of fused-ring (bicyclic) bond motifs is 1. The van der Waals surface area contributed by atoms with Gasteiger partial charge < -0.3 is 9.72 Å². The first-order valence-electron chi connectivity index (χ1n) is 7.34. The van der Waals surface area contributed by atoms with E-state index in [0.29, 0.717) is 6.42 Å². The maximum atomic E-state index is 12.3. The number of carbonyl (C=O) groups excluding carboxylic acids is 1. The van der Waals surface area contributed by atoms with Gasteiger partial charge in [-0.3, -0.25) is 4.79 Å². The summed E-state index contributed by atoms with van der Waals surface area (Å²) in [7, 11) is 0. The van der Waals surface area contributed by atoms with Crippen LogP contribution in [0.15, 0.2) is 42.6 Å². The van der Waals surface area contributed by atoms with Gasteiger partial charge in [-0.2, -0.15) is 0 Å². The van der Waals surface area contributed by atoms with Crippen molar-refractivity contribution in [3.63, 3.8) is 0 Å². The Hall–Kier alpha value is -2.62. The number of nitrogens with zero attached hydrogens (tertiary/aromatic N) is 2. The molecule has 1 N–H and O–H groups in total. The van der Waals surface area contributed by atoms with Crippen LogP contribution in [0, 0.1) is 20.8 Å². The fourth-order valence-corrected chi connectivity index (χ4v) is 2.57. The molecule has 2 aromatic heterocycles. The van der Waals surface area contributed by atoms with Crippen LogP contribution < -0.4 is 5.32 Å². The van der Waals surface area contributed by atoms with Gasteiger partial charge in [0.15, 0.2) is 0 Å². The average molecular weight is 293 g/mol. The van der Waals surface area contributed by atoms with E-state index >= 15 is 0 Å². The number of amides is 1. The fourth-order valence-electron chi connectivity index (χ4n) is 2.57. The van der Waals surface area contributed by atoms with Gasteiger partial charge in [0.05, 0.1) is 17.8 Å². The summed E-state index contributed by atoms with van der Waals surface area (Å²) >= 11 is 0. The lowest BCUT2D eigenvalue weighted by atomic mass is 10.2. The van der Waals surface area contributed by atoms with Crippen molar-refractivity contribution < 1.29 is 4.79 Å². The summed E-state index contributed by atoms with van der Waals surface area (Å²) < 4.78 is 2.00. The van der Waals surface area contributed by atoms with Crippen LogP contribution in [-0.4, -0.2) is 15.3 Å². The Kier molecular flexibility index (Phi) is 3.67. The van der Waals surface area contributed by atoms with Crippen LogP contribution >= 0.6 is 0 Å². The van der Waals surface area contributed by atoms with Crippen molar-refractivity contribution in [3.8, 4) is 0 Å². The van der Waals surface area contributed by atoms with Crippen molar-refractivity contribution in [1.29, 1.82) is 0 Å². The molecule has 0 fully saturated rings. The van der Waals surface area contributed by atoms with Gasteiger partial charge in [0.2, 0.25) is 5.91 Å². The minimum atomic E-state index is -0.0322. The minimum absolute atomic E-state index is 0.0322. The second-order valence-corrected chi connectivity index (χ2v) is 5.62. The van der Waals surface area contributed by atoms with Crippen LogP contribution in [0.4, 0.5) is 5.69 Å². The predicted octanol–water partition coefficient (Wildman–Crippen LogP) is 3.44. The molecule has 0 saturated carbocycles. The second kappa shape index (κ2) is 5.64. The monoisotopic (exact) mass is 293 g/mol. The maximum absolute atomic E-state index is 12.3. The van der Waals surface area contributed by atoms with Gasteiger partial charge >= 0.3 is 0 Å². The molecule has 1 amide bonds. The van der Waals surface area contributed by atoms with Gasteiger partial charge in [0, 0.05) is 11.9 Å². The number of nitrogens with one attached hydrogen (secondary N) is 1. The zero-order valence-electron chi connectivity index (χ0n) is 13.1. The van der Waals surface area contributed by atoms with Gasteiger partial charge in [-0.1, -0.05) is 23.8 Å². The van der Waals surface area contributed by atoms with E-state index in [-0.39, 0.29) is 5.91 Å². The number of imidazole rings is 1. The highest BCUT2D eigenvalue weighted by atomic mass is 16.1. The summed E-state index contributed by atoms with van der Waals surface area (Å²) in [5.41, 5.74) is 5.84. The number of benzene rings is 1. The Morgan fingerprint density at radius 1 is 1.14 bits per heavy atom. The van der Waals surface area contributed by atoms with E-state index < -0.39 is 0 Å². The zero-order valence-corrected chi connectivity index (χ0v) is 13.1. The molecule has 0 bridgehead atoms. The molecule has 0 aliphatic carbocycles. The van der Waals surface area contributed by atoms with E-state index in [4.69, 9.17) is 0 Å². The molecular weight excluding hydrogens is 274 g/mol. The number of carbonyl (C=O) groups is 1. The molecule has 0 radical (unpaired) electrons. The molecular formula is C18H19N3O. The van der Waals surface area contributed by atoms with E-state index in [0.717, 1.165) is 28.3 Å². The molecule has 3 rings (SSSR count). The topological polar surface area (TPSA) is 46.4 Å². The van der Waals surface area contributed by atoms with E-state index in [9.17, 15) is 4.79 Å². The maximum Gasteiger partial charge on any atom is 0.230 e. The molecule has 3 aromatic rings. The fraction of sp³-hybridized carbons (Fsp3) is 0.222. The number of rotatable bonds is 3. The highest BCUT2D eigenvalue weighted by molar-refractivity contribution is 5.92. The number of aryl methyl sites for hydroxylation is 3. The number of pyridine rings is 1. The van der Waals surface area contributed by atoms with Crippen molar-refractivity contribution >= 4 is 17.2 Å². The van der Waals surface area contributed by atoms with Crippen LogP contribution in [-0.2, 0) is 11.2 Å². The third kappa shape index (κ3) is 2.72. The highest BCUT2D eigenvalue weighted by Crippen LogP contribution is 2.16. The van der Waals surface area contributed by atoms with Gasteiger partial charge in [0.1, 0.15) is 5.65 Å². The standard InChI is InChI=1S/C18H19N3O/c1-12-6-8-15(9-7-12)20-17(22)11-16-14(3)19-18-13(2)5-4-10-21(16)18/h4-10H,11H2,1-3H3,(H,20,22). The second-order valence-electron chi connectivity index (χ2n) is 5.62. The summed E-state index contributed by atoms with van der Waals surface area (Å²) in [6.07, 6.45) is 2.27. The van der Waals surface area contributed by atoms with Crippen LogP contribution in [0.25, 0.3) is 5.65 Å². The van der Waals surface area contributed by atoms with Crippen LogP contribution in [0.2, 0.25) is 0 Å². The first-order valence-corrected chi connectivity index (χ1v) is 7.34. The van der Waals surface area contributed by atoms with E-state index in [1.54, 1.807) is 0 Å². The molecule has 2 heterocycles. The van der Waals surface area contributed by atoms with Crippen molar-refractivity contribution in [2.24, 2.45) is 0 Å². The Morgan fingerprint density at radius 2 is 1.86 bits per heavy atom. The lowest BCUT2D eigenvalue weighted by Crippen LogP contribution is -2.16. The Labute approximate surface area is 129 Å². The molecule has 4 nitrogen and oxygen atoms in total. The molecule has 0 atom stereocenters. The van der Waals surface area contributed by atoms with Crippen LogP contribution in [0.3, 0.4) is 0 Å². The third-order valence-corrected chi connectivity index (χ3v) is 3.81. The van der Waals surface area contributed by atoms with Crippen molar-refractivity contribution in [2.45, 2.75) is 27.2 Å². The Balaban J connectivity index is 1.84. The van der Waals surface area contributed by atoms with Crippen molar-refractivity contribution in [1.82, 2.24) is 9.38 Å². The summed E-state index contributed by atoms with van der Waals surface area (Å²) in [6, 6.07) is 11.8. The average Bonchev–Trinajstić information content (AvgIpc) is 2.80. The lowest BCUT2D eigenvalue weighted by Gasteiger charge is -2.07. The number of hydrogen-bond donors (Lipinski definition) is 1. The molecule has 0 saturated heterocycles. The molecule has 4 heteroatoms. The number of hydrogen-bond acceptors (Lipinski definition) is 2.